The van der Waals surface area contributed by atoms with Crippen LogP contribution in [0.1, 0.15) is 92.9 Å². The van der Waals surface area contributed by atoms with Gasteiger partial charge in [-0.05, 0) is 49.9 Å². The molecule has 0 amide bonds. The summed E-state index contributed by atoms with van der Waals surface area (Å²) in [6, 6.07) is 0. The Balaban J connectivity index is 2.51. The van der Waals surface area contributed by atoms with Gasteiger partial charge in [-0.1, -0.05) is 66.7 Å². The monoisotopic (exact) mass is 296 g/mol. The largest absolute Gasteiger partial charge is 0.375 e. The number of ether oxygens (including phenoxy) is 1. The van der Waals surface area contributed by atoms with E-state index < -0.39 is 0 Å². The molecule has 1 saturated carbocycles. The lowest BCUT2D eigenvalue weighted by atomic mass is 9.75. The first-order valence-corrected chi connectivity index (χ1v) is 9.63. The summed E-state index contributed by atoms with van der Waals surface area (Å²) in [5.41, 5.74) is 0. The van der Waals surface area contributed by atoms with E-state index in [1.165, 1.54) is 51.4 Å². The molecule has 0 spiro atoms. The van der Waals surface area contributed by atoms with Crippen LogP contribution in [0.2, 0.25) is 0 Å². The van der Waals surface area contributed by atoms with Crippen LogP contribution in [0.3, 0.4) is 0 Å². The minimum absolute atomic E-state index is 0.435. The zero-order valence-corrected chi connectivity index (χ0v) is 15.5. The summed E-state index contributed by atoms with van der Waals surface area (Å²) >= 11 is 0. The first-order valence-electron chi connectivity index (χ1n) is 9.63. The van der Waals surface area contributed by atoms with Crippen molar-refractivity contribution >= 4 is 0 Å². The highest BCUT2D eigenvalue weighted by Gasteiger charge is 2.32. The van der Waals surface area contributed by atoms with Gasteiger partial charge >= 0.3 is 0 Å². The average Bonchev–Trinajstić information content (AvgIpc) is 2.38. The fourth-order valence-electron chi connectivity index (χ4n) is 4.29. The lowest BCUT2D eigenvalue weighted by Crippen LogP contribution is -2.36. The van der Waals surface area contributed by atoms with E-state index in [9.17, 15) is 0 Å². The molecule has 1 aliphatic rings. The van der Waals surface area contributed by atoms with Crippen molar-refractivity contribution in [3.8, 4) is 0 Å². The molecule has 1 nitrogen and oxygen atoms in total. The number of rotatable bonds is 9. The van der Waals surface area contributed by atoms with Gasteiger partial charge in [0.05, 0.1) is 12.2 Å². The summed E-state index contributed by atoms with van der Waals surface area (Å²) in [4.78, 5) is 0. The average molecular weight is 297 g/mol. The first kappa shape index (κ1) is 19.0. The molecule has 0 aliphatic heterocycles. The topological polar surface area (TPSA) is 9.23 Å². The normalized spacial score (nSPS) is 28.3. The second kappa shape index (κ2) is 9.87. The molecule has 0 radical (unpaired) electrons. The van der Waals surface area contributed by atoms with E-state index in [2.05, 4.69) is 41.5 Å². The van der Waals surface area contributed by atoms with E-state index in [1.807, 2.05) is 0 Å². The van der Waals surface area contributed by atoms with Gasteiger partial charge in [-0.15, -0.1) is 0 Å². The molecule has 21 heavy (non-hydrogen) atoms. The number of hydrogen-bond donors (Lipinski definition) is 0. The summed E-state index contributed by atoms with van der Waals surface area (Å²) in [6.45, 7) is 14.1. The summed E-state index contributed by atoms with van der Waals surface area (Å²) in [6.07, 6.45) is 11.6. The summed E-state index contributed by atoms with van der Waals surface area (Å²) in [5, 5.41) is 0. The third kappa shape index (κ3) is 6.72. The van der Waals surface area contributed by atoms with Crippen molar-refractivity contribution in [3.05, 3.63) is 0 Å². The third-order valence-electron chi connectivity index (χ3n) is 5.43. The van der Waals surface area contributed by atoms with Crippen LogP contribution in [0.25, 0.3) is 0 Å². The molecule has 4 atom stereocenters. The summed E-state index contributed by atoms with van der Waals surface area (Å²) in [5.74, 6) is 3.25. The molecule has 4 unspecified atom stereocenters. The molecule has 0 N–H and O–H groups in total. The van der Waals surface area contributed by atoms with Crippen molar-refractivity contribution < 1.29 is 4.74 Å². The van der Waals surface area contributed by atoms with Crippen LogP contribution in [0.4, 0.5) is 0 Å². The van der Waals surface area contributed by atoms with Crippen molar-refractivity contribution in [2.45, 2.75) is 105 Å². The molecule has 1 heteroatoms. The van der Waals surface area contributed by atoms with Crippen LogP contribution in [0.5, 0.6) is 0 Å². The van der Waals surface area contributed by atoms with E-state index >= 15 is 0 Å². The molecule has 0 aromatic rings. The van der Waals surface area contributed by atoms with Crippen molar-refractivity contribution in [1.29, 1.82) is 0 Å². The molecule has 0 bridgehead atoms. The minimum atomic E-state index is 0.435. The van der Waals surface area contributed by atoms with E-state index in [1.54, 1.807) is 0 Å². The highest BCUT2D eigenvalue weighted by molar-refractivity contribution is 4.82. The summed E-state index contributed by atoms with van der Waals surface area (Å²) < 4.78 is 6.56. The maximum absolute atomic E-state index is 6.56. The first-order chi connectivity index (χ1) is 9.97. The molecule has 0 aromatic carbocycles. The molecule has 0 aromatic heterocycles. The SMILES string of the molecule is CCCC(CCC)CC(C)OC1CC(C)CCC1C(C)C. The molecule has 126 valence electrons. The fourth-order valence-corrected chi connectivity index (χ4v) is 4.29. The zero-order chi connectivity index (χ0) is 15.8. The predicted molar refractivity (Wildman–Crippen MR) is 93.6 cm³/mol. The Morgan fingerprint density at radius 1 is 1.00 bits per heavy atom. The van der Waals surface area contributed by atoms with Crippen LogP contribution in [-0.2, 0) is 4.74 Å². The Bertz CT molecular complexity index is 255. The second-order valence-electron chi connectivity index (χ2n) is 7.99. The lowest BCUT2D eigenvalue weighted by molar-refractivity contribution is -0.0808. The van der Waals surface area contributed by atoms with Crippen molar-refractivity contribution in [1.82, 2.24) is 0 Å². The molecule has 1 rings (SSSR count). The standard InChI is InChI=1S/C20H40O/c1-7-9-18(10-8-2)14-17(6)21-20-13-16(5)11-12-19(20)15(3)4/h15-20H,7-14H2,1-6H3. The quantitative estimate of drug-likeness (QED) is 0.474. The van der Waals surface area contributed by atoms with Gasteiger partial charge in [0.25, 0.3) is 0 Å². The van der Waals surface area contributed by atoms with Gasteiger partial charge in [-0.3, -0.25) is 0 Å². The van der Waals surface area contributed by atoms with Gasteiger partial charge in [0.2, 0.25) is 0 Å². The molecular weight excluding hydrogens is 256 g/mol. The van der Waals surface area contributed by atoms with Crippen LogP contribution in [-0.4, -0.2) is 12.2 Å². The molecule has 0 saturated heterocycles. The van der Waals surface area contributed by atoms with Crippen LogP contribution in [0, 0.1) is 23.7 Å². The van der Waals surface area contributed by atoms with E-state index in [0.717, 1.165) is 23.7 Å². The molecule has 0 heterocycles. The highest BCUT2D eigenvalue weighted by atomic mass is 16.5. The number of hydrogen-bond acceptors (Lipinski definition) is 1. The Hall–Kier alpha value is -0.0400. The van der Waals surface area contributed by atoms with Gasteiger partial charge < -0.3 is 4.74 Å². The van der Waals surface area contributed by atoms with E-state index in [0.29, 0.717) is 12.2 Å². The highest BCUT2D eigenvalue weighted by Crippen LogP contribution is 2.36. The van der Waals surface area contributed by atoms with Gasteiger partial charge in [0.1, 0.15) is 0 Å². The Morgan fingerprint density at radius 2 is 1.62 bits per heavy atom. The van der Waals surface area contributed by atoms with E-state index in [4.69, 9.17) is 4.74 Å². The molecule has 1 fully saturated rings. The van der Waals surface area contributed by atoms with Crippen molar-refractivity contribution in [3.63, 3.8) is 0 Å². The Labute approximate surface area is 134 Å². The van der Waals surface area contributed by atoms with E-state index in [-0.39, 0.29) is 0 Å². The maximum atomic E-state index is 6.56. The summed E-state index contributed by atoms with van der Waals surface area (Å²) in [7, 11) is 0. The minimum Gasteiger partial charge on any atom is -0.375 e. The molecule has 1 aliphatic carbocycles. The lowest BCUT2D eigenvalue weighted by Gasteiger charge is -2.39. The van der Waals surface area contributed by atoms with Gasteiger partial charge in [-0.2, -0.15) is 0 Å². The second-order valence-corrected chi connectivity index (χ2v) is 7.99. The van der Waals surface area contributed by atoms with Crippen molar-refractivity contribution in [2.75, 3.05) is 0 Å². The smallest absolute Gasteiger partial charge is 0.0611 e. The fraction of sp³-hybridized carbons (Fsp3) is 1.00. The Morgan fingerprint density at radius 3 is 2.14 bits per heavy atom. The maximum Gasteiger partial charge on any atom is 0.0611 e. The third-order valence-corrected chi connectivity index (χ3v) is 5.43. The van der Waals surface area contributed by atoms with Crippen LogP contribution in [0.15, 0.2) is 0 Å². The predicted octanol–water partition coefficient (Wildman–Crippen LogP) is 6.46. The van der Waals surface area contributed by atoms with Crippen molar-refractivity contribution in [2.24, 2.45) is 23.7 Å². The van der Waals surface area contributed by atoms with Gasteiger partial charge in [-0.25, -0.2) is 0 Å². The Kier molecular flexibility index (Phi) is 8.94. The van der Waals surface area contributed by atoms with Gasteiger partial charge in [0, 0.05) is 0 Å². The van der Waals surface area contributed by atoms with Crippen LogP contribution < -0.4 is 0 Å². The van der Waals surface area contributed by atoms with Gasteiger partial charge in [0.15, 0.2) is 0 Å². The van der Waals surface area contributed by atoms with Crippen LogP contribution >= 0.6 is 0 Å². The molecular formula is C20H40O. The zero-order valence-electron chi connectivity index (χ0n) is 15.5.